The third-order valence-electron chi connectivity index (χ3n) is 11.7. The summed E-state index contributed by atoms with van der Waals surface area (Å²) in [5.74, 6) is -0.322. The van der Waals surface area contributed by atoms with Gasteiger partial charge in [-0.05, 0) is 69.2 Å². The molecule has 0 bridgehead atoms. The largest absolute Gasteiger partial charge is 0.491 e. The molecule has 4 aromatic rings. The highest BCUT2D eigenvalue weighted by atomic mass is 32.2. The molecular formula is C42H49N7O9S. The van der Waals surface area contributed by atoms with Crippen LogP contribution in [0.1, 0.15) is 84.8 Å². The summed E-state index contributed by atoms with van der Waals surface area (Å²) < 4.78 is 42.4. The summed E-state index contributed by atoms with van der Waals surface area (Å²) in [5.41, 5.74) is 2.80. The zero-order valence-corrected chi connectivity index (χ0v) is 34.1. The lowest BCUT2D eigenvalue weighted by molar-refractivity contribution is -0.136. The number of piperazine rings is 1. The number of nitrogens with zero attached hydrogens (tertiary/aromatic N) is 5. The third-order valence-corrected chi connectivity index (χ3v) is 13.7. The first-order valence-corrected chi connectivity index (χ1v) is 22.0. The van der Waals surface area contributed by atoms with Crippen LogP contribution in [-0.4, -0.2) is 106 Å². The van der Waals surface area contributed by atoms with Crippen LogP contribution < -0.4 is 20.9 Å². The molecule has 2 unspecified atom stereocenters. The van der Waals surface area contributed by atoms with Crippen LogP contribution in [0.2, 0.25) is 0 Å². The number of imide groups is 2. The Labute approximate surface area is 341 Å². The Morgan fingerprint density at radius 3 is 2.56 bits per heavy atom. The highest BCUT2D eigenvalue weighted by Gasteiger charge is 2.45. The fraction of sp³-hybridized carbons (Fsp3) is 0.476. The predicted octanol–water partition coefficient (Wildman–Crippen LogP) is 3.89. The maximum absolute atomic E-state index is 13.4. The fourth-order valence-corrected chi connectivity index (χ4v) is 9.84. The van der Waals surface area contributed by atoms with Gasteiger partial charge >= 0.3 is 0 Å². The predicted molar refractivity (Wildman–Crippen MR) is 218 cm³/mol. The molecule has 4 aliphatic rings. The number of anilines is 1. The number of aryl methyl sites for hydroxylation is 1. The van der Waals surface area contributed by atoms with Crippen molar-refractivity contribution >= 4 is 50.3 Å². The lowest BCUT2D eigenvalue weighted by Crippen LogP contribution is -2.54. The second-order valence-corrected chi connectivity index (χ2v) is 18.1. The van der Waals surface area contributed by atoms with Gasteiger partial charge in [0.15, 0.2) is 0 Å². The van der Waals surface area contributed by atoms with Crippen LogP contribution in [-0.2, 0) is 33.2 Å². The van der Waals surface area contributed by atoms with Gasteiger partial charge < -0.3 is 19.0 Å². The van der Waals surface area contributed by atoms with Crippen molar-refractivity contribution in [3.8, 4) is 16.9 Å². The van der Waals surface area contributed by atoms with Crippen molar-refractivity contribution in [1.82, 2.24) is 29.0 Å². The molecule has 3 aromatic heterocycles. The third kappa shape index (κ3) is 8.41. The molecule has 0 radical (unpaired) electrons. The second kappa shape index (κ2) is 16.7. The molecular weight excluding hydrogens is 779 g/mol. The molecule has 17 heteroatoms. The summed E-state index contributed by atoms with van der Waals surface area (Å²) in [6.45, 7) is 4.77. The SMILES string of the molecule is CC1CN(S(=O)(=O)CCCCCCNc2cccc3c2C(=O)N(C2CCC(=O)NC2=O)C3=O)CCN1Cc1cc2c(=O)n(C)cc(-c3ccncc3OCC3CC3)c2o1. The van der Waals surface area contributed by atoms with Gasteiger partial charge in [0, 0.05) is 74.9 Å². The number of carbonyl (C=O) groups is 4. The van der Waals surface area contributed by atoms with Crippen molar-refractivity contribution in [3.05, 3.63) is 76.2 Å². The number of carbonyl (C=O) groups excluding carboxylic acids is 4. The van der Waals surface area contributed by atoms with Gasteiger partial charge in [0.05, 0.1) is 41.6 Å². The molecule has 16 nitrogen and oxygen atoms in total. The smallest absolute Gasteiger partial charge is 0.264 e. The van der Waals surface area contributed by atoms with Crippen LogP contribution in [0.5, 0.6) is 5.75 Å². The molecule has 312 valence electrons. The maximum atomic E-state index is 13.4. The number of benzene rings is 1. The van der Waals surface area contributed by atoms with Crippen LogP contribution in [0.25, 0.3) is 22.1 Å². The van der Waals surface area contributed by atoms with Gasteiger partial charge in [-0.3, -0.25) is 44.1 Å². The molecule has 1 aromatic carbocycles. The number of pyridine rings is 2. The van der Waals surface area contributed by atoms with E-state index in [0.717, 1.165) is 35.3 Å². The number of ether oxygens (including phenoxy) is 1. The van der Waals surface area contributed by atoms with Crippen LogP contribution >= 0.6 is 0 Å². The van der Waals surface area contributed by atoms with E-state index in [1.807, 2.05) is 13.0 Å². The Bertz CT molecular complexity index is 2480. The van der Waals surface area contributed by atoms with E-state index in [4.69, 9.17) is 9.15 Å². The Morgan fingerprint density at radius 1 is 0.966 bits per heavy atom. The van der Waals surface area contributed by atoms with E-state index in [1.54, 1.807) is 58.8 Å². The van der Waals surface area contributed by atoms with Crippen LogP contribution in [0.3, 0.4) is 0 Å². The summed E-state index contributed by atoms with van der Waals surface area (Å²) in [4.78, 5) is 71.1. The van der Waals surface area contributed by atoms with Crippen LogP contribution in [0.4, 0.5) is 5.69 Å². The van der Waals surface area contributed by atoms with Crippen molar-refractivity contribution in [2.75, 3.05) is 43.9 Å². The van der Waals surface area contributed by atoms with Crippen molar-refractivity contribution in [3.63, 3.8) is 0 Å². The van der Waals surface area contributed by atoms with Crippen molar-refractivity contribution in [2.45, 2.75) is 76.9 Å². The first-order valence-electron chi connectivity index (χ1n) is 20.4. The van der Waals surface area contributed by atoms with Gasteiger partial charge in [0.2, 0.25) is 21.8 Å². The normalized spacial score (nSPS) is 20.3. The molecule has 2 N–H and O–H groups in total. The lowest BCUT2D eigenvalue weighted by atomic mass is 10.0. The zero-order chi connectivity index (χ0) is 41.4. The number of amides is 4. The van der Waals surface area contributed by atoms with Gasteiger partial charge in [-0.1, -0.05) is 18.9 Å². The second-order valence-electron chi connectivity index (χ2n) is 16.1. The first-order chi connectivity index (χ1) is 28.4. The summed E-state index contributed by atoms with van der Waals surface area (Å²) in [5, 5.41) is 5.92. The van der Waals surface area contributed by atoms with E-state index >= 15 is 0 Å². The Balaban J connectivity index is 0.809. The number of unbranched alkanes of at least 4 members (excludes halogenated alkanes) is 3. The highest BCUT2D eigenvalue weighted by molar-refractivity contribution is 7.89. The molecule has 8 rings (SSSR count). The fourth-order valence-electron chi connectivity index (χ4n) is 8.21. The van der Waals surface area contributed by atoms with E-state index in [0.29, 0.717) is 92.7 Å². The Kier molecular flexibility index (Phi) is 11.4. The molecule has 3 aliphatic heterocycles. The molecule has 0 spiro atoms. The topological polar surface area (TPSA) is 193 Å². The summed E-state index contributed by atoms with van der Waals surface area (Å²) in [6.07, 6.45) is 10.3. The van der Waals surface area contributed by atoms with Crippen LogP contribution in [0, 0.1) is 5.92 Å². The number of hydrogen-bond acceptors (Lipinski definition) is 12. The number of sulfonamides is 1. The summed E-state index contributed by atoms with van der Waals surface area (Å²) in [6, 6.07) is 7.50. The highest BCUT2D eigenvalue weighted by Crippen LogP contribution is 2.37. The lowest BCUT2D eigenvalue weighted by Gasteiger charge is -2.38. The maximum Gasteiger partial charge on any atom is 0.264 e. The van der Waals surface area contributed by atoms with Gasteiger partial charge in [0.1, 0.15) is 23.1 Å². The molecule has 59 heavy (non-hydrogen) atoms. The molecule has 6 heterocycles. The van der Waals surface area contributed by atoms with Gasteiger partial charge in [-0.25, -0.2) is 8.42 Å². The van der Waals surface area contributed by atoms with Crippen LogP contribution in [0.15, 0.2) is 58.1 Å². The number of hydrogen-bond donors (Lipinski definition) is 2. The van der Waals surface area contributed by atoms with Crippen molar-refractivity contribution in [2.24, 2.45) is 13.0 Å². The minimum atomic E-state index is -3.48. The number of fused-ring (bicyclic) bond motifs is 2. The summed E-state index contributed by atoms with van der Waals surface area (Å²) >= 11 is 0. The quantitative estimate of drug-likeness (QED) is 0.123. The minimum Gasteiger partial charge on any atom is -0.491 e. The Morgan fingerprint density at radius 2 is 1.78 bits per heavy atom. The minimum absolute atomic E-state index is 0.0448. The standard InChI is InChI=1S/C42H49N7O9S/c1-26-22-48(18-17-47(26)23-28-20-31-38(58-28)32(24-46(2)40(31)52)29-14-16-43-21-35(29)57-25-27-10-11-27)59(55,56)19-6-4-3-5-15-44-33-9-7-8-30-37(33)42(54)49(41(30)53)34-12-13-36(50)45-39(34)51/h7-9,14,16,20-21,24,26-27,34,44H,3-6,10-13,15,17-19,22-23,25H2,1-2H3,(H,45,50,51). The number of aromatic nitrogens is 2. The first kappa shape index (κ1) is 40.4. The van der Waals surface area contributed by atoms with Gasteiger partial charge in [-0.2, -0.15) is 4.31 Å². The number of nitrogens with one attached hydrogen (secondary N) is 2. The average Bonchev–Trinajstić information content (AvgIpc) is 3.90. The molecule has 3 fully saturated rings. The van der Waals surface area contributed by atoms with Crippen molar-refractivity contribution < 1.29 is 36.7 Å². The molecule has 1 aliphatic carbocycles. The van der Waals surface area contributed by atoms with E-state index in [9.17, 15) is 32.4 Å². The average molecular weight is 828 g/mol. The number of rotatable bonds is 16. The monoisotopic (exact) mass is 827 g/mol. The van der Waals surface area contributed by atoms with E-state index in [1.165, 1.54) is 0 Å². The van der Waals surface area contributed by atoms with Gasteiger partial charge in [0.25, 0.3) is 17.4 Å². The number of piperidine rings is 1. The molecule has 4 amide bonds. The number of furan rings is 1. The van der Waals surface area contributed by atoms with E-state index in [2.05, 4.69) is 20.5 Å². The van der Waals surface area contributed by atoms with E-state index in [-0.39, 0.29) is 41.3 Å². The Hall–Kier alpha value is -5.39. The molecule has 1 saturated carbocycles. The van der Waals surface area contributed by atoms with Crippen molar-refractivity contribution in [1.29, 1.82) is 0 Å². The van der Waals surface area contributed by atoms with Gasteiger partial charge in [-0.15, -0.1) is 0 Å². The summed E-state index contributed by atoms with van der Waals surface area (Å²) in [7, 11) is -1.76. The zero-order valence-electron chi connectivity index (χ0n) is 33.3. The molecule has 2 atom stereocenters. The molecule has 2 saturated heterocycles. The van der Waals surface area contributed by atoms with E-state index < -0.39 is 39.7 Å².